The third-order valence-electron chi connectivity index (χ3n) is 4.11. The van der Waals surface area contributed by atoms with Crippen molar-refractivity contribution in [1.29, 1.82) is 0 Å². The van der Waals surface area contributed by atoms with E-state index in [1.165, 1.54) is 37.8 Å². The summed E-state index contributed by atoms with van der Waals surface area (Å²) in [5.41, 5.74) is -0.144. The summed E-state index contributed by atoms with van der Waals surface area (Å²) < 4.78 is 38.7. The minimum Gasteiger partial charge on any atom is -0.309 e. The number of halogens is 3. The van der Waals surface area contributed by atoms with E-state index in [9.17, 15) is 13.2 Å². The van der Waals surface area contributed by atoms with Gasteiger partial charge in [-0.1, -0.05) is 18.2 Å². The molecule has 2 fully saturated rings. The van der Waals surface area contributed by atoms with E-state index in [0.29, 0.717) is 30.0 Å². The fourth-order valence-corrected chi connectivity index (χ4v) is 2.81. The Kier molecular flexibility index (Phi) is 3.29. The maximum absolute atomic E-state index is 12.9. The van der Waals surface area contributed by atoms with E-state index in [1.54, 1.807) is 12.1 Å². The van der Waals surface area contributed by atoms with Crippen LogP contribution in [0.2, 0.25) is 0 Å². The monoisotopic (exact) mass is 269 g/mol. The van der Waals surface area contributed by atoms with Gasteiger partial charge in [-0.2, -0.15) is 13.2 Å². The van der Waals surface area contributed by atoms with Crippen LogP contribution >= 0.6 is 0 Å². The largest absolute Gasteiger partial charge is 0.416 e. The molecule has 0 amide bonds. The standard InChI is InChI=1S/C15H18F3N/c16-15(17,18)13-4-2-1-3-12(13)9-19-14(10-5-6-10)11-7-8-11/h1-4,10-11,14,19H,5-9H2. The molecule has 1 aromatic rings. The third kappa shape index (κ3) is 3.11. The van der Waals surface area contributed by atoms with E-state index in [1.807, 2.05) is 0 Å². The van der Waals surface area contributed by atoms with Gasteiger partial charge < -0.3 is 5.32 Å². The Labute approximate surface area is 111 Å². The molecule has 0 atom stereocenters. The predicted octanol–water partition coefficient (Wildman–Crippen LogP) is 3.98. The number of alkyl halides is 3. The summed E-state index contributed by atoms with van der Waals surface area (Å²) in [4.78, 5) is 0. The summed E-state index contributed by atoms with van der Waals surface area (Å²) >= 11 is 0. The topological polar surface area (TPSA) is 12.0 Å². The summed E-state index contributed by atoms with van der Waals surface area (Å²) in [5, 5.41) is 3.37. The number of hydrogen-bond donors (Lipinski definition) is 1. The van der Waals surface area contributed by atoms with Crippen LogP contribution in [0.5, 0.6) is 0 Å². The summed E-state index contributed by atoms with van der Waals surface area (Å²) in [5.74, 6) is 1.40. The second-order valence-electron chi connectivity index (χ2n) is 5.74. The molecule has 0 radical (unpaired) electrons. The van der Waals surface area contributed by atoms with Gasteiger partial charge in [0.1, 0.15) is 0 Å². The Morgan fingerprint density at radius 2 is 1.63 bits per heavy atom. The molecule has 0 saturated heterocycles. The van der Waals surface area contributed by atoms with Crippen LogP contribution < -0.4 is 5.32 Å². The Morgan fingerprint density at radius 1 is 1.05 bits per heavy atom. The fraction of sp³-hybridized carbons (Fsp3) is 0.600. The quantitative estimate of drug-likeness (QED) is 0.852. The Balaban J connectivity index is 1.69. The molecular formula is C15H18F3N. The van der Waals surface area contributed by atoms with Gasteiger partial charge in [0.2, 0.25) is 0 Å². The first-order valence-electron chi connectivity index (χ1n) is 6.94. The number of rotatable bonds is 5. The highest BCUT2D eigenvalue weighted by Crippen LogP contribution is 2.44. The van der Waals surface area contributed by atoms with E-state index >= 15 is 0 Å². The lowest BCUT2D eigenvalue weighted by Gasteiger charge is -2.19. The van der Waals surface area contributed by atoms with Gasteiger partial charge in [0.25, 0.3) is 0 Å². The number of hydrogen-bond acceptors (Lipinski definition) is 1. The van der Waals surface area contributed by atoms with E-state index in [4.69, 9.17) is 0 Å². The minimum atomic E-state index is -4.26. The minimum absolute atomic E-state index is 0.327. The fourth-order valence-electron chi connectivity index (χ4n) is 2.81. The van der Waals surface area contributed by atoms with E-state index in [2.05, 4.69) is 5.32 Å². The molecule has 0 unspecified atom stereocenters. The van der Waals surface area contributed by atoms with E-state index < -0.39 is 11.7 Å². The van der Waals surface area contributed by atoms with Crippen LogP contribution in [0, 0.1) is 11.8 Å². The lowest BCUT2D eigenvalue weighted by molar-refractivity contribution is -0.138. The zero-order valence-corrected chi connectivity index (χ0v) is 10.7. The molecule has 0 aliphatic heterocycles. The molecule has 1 aromatic carbocycles. The Morgan fingerprint density at radius 3 is 2.16 bits per heavy atom. The van der Waals surface area contributed by atoms with Crippen molar-refractivity contribution in [3.05, 3.63) is 35.4 Å². The SMILES string of the molecule is FC(F)(F)c1ccccc1CNC(C1CC1)C1CC1. The van der Waals surface area contributed by atoms with Crippen molar-refractivity contribution in [1.82, 2.24) is 5.32 Å². The molecule has 0 aromatic heterocycles. The molecule has 0 spiro atoms. The summed E-state index contributed by atoms with van der Waals surface area (Å²) in [6.07, 6.45) is 0.668. The lowest BCUT2D eigenvalue weighted by Crippen LogP contribution is -2.33. The summed E-state index contributed by atoms with van der Waals surface area (Å²) in [7, 11) is 0. The van der Waals surface area contributed by atoms with Gasteiger partial charge in [-0.15, -0.1) is 0 Å². The van der Waals surface area contributed by atoms with Crippen LogP contribution in [0.3, 0.4) is 0 Å². The van der Waals surface area contributed by atoms with Gasteiger partial charge in [-0.25, -0.2) is 0 Å². The zero-order chi connectivity index (χ0) is 13.5. The van der Waals surface area contributed by atoms with Gasteiger partial charge in [-0.3, -0.25) is 0 Å². The van der Waals surface area contributed by atoms with Crippen molar-refractivity contribution < 1.29 is 13.2 Å². The highest BCUT2D eigenvalue weighted by molar-refractivity contribution is 5.29. The molecule has 2 saturated carbocycles. The van der Waals surface area contributed by atoms with Crippen LogP contribution in [0.1, 0.15) is 36.8 Å². The molecule has 1 nitrogen and oxygen atoms in total. The van der Waals surface area contributed by atoms with Crippen LogP contribution in [0.15, 0.2) is 24.3 Å². The molecule has 3 rings (SSSR count). The first-order chi connectivity index (χ1) is 9.05. The molecule has 104 valence electrons. The second-order valence-corrected chi connectivity index (χ2v) is 5.74. The van der Waals surface area contributed by atoms with Crippen molar-refractivity contribution in [2.24, 2.45) is 11.8 Å². The normalized spacial score (nSPS) is 20.0. The molecule has 0 bridgehead atoms. The number of nitrogens with one attached hydrogen (secondary N) is 1. The van der Waals surface area contributed by atoms with E-state index in [0.717, 1.165) is 0 Å². The first-order valence-corrected chi connectivity index (χ1v) is 6.94. The maximum Gasteiger partial charge on any atom is 0.416 e. The van der Waals surface area contributed by atoms with Gasteiger partial charge in [0, 0.05) is 12.6 Å². The molecule has 0 heterocycles. The summed E-state index contributed by atoms with van der Waals surface area (Å²) in [6, 6.07) is 6.30. The highest BCUT2D eigenvalue weighted by Gasteiger charge is 2.41. The first kappa shape index (κ1) is 13.0. The maximum atomic E-state index is 12.9. The van der Waals surface area contributed by atoms with Crippen LogP contribution in [-0.4, -0.2) is 6.04 Å². The van der Waals surface area contributed by atoms with Crippen LogP contribution in [-0.2, 0) is 12.7 Å². The van der Waals surface area contributed by atoms with Crippen LogP contribution in [0.25, 0.3) is 0 Å². The van der Waals surface area contributed by atoms with Gasteiger partial charge in [-0.05, 0) is 49.1 Å². The summed E-state index contributed by atoms with van der Waals surface area (Å²) in [6.45, 7) is 0.327. The third-order valence-corrected chi connectivity index (χ3v) is 4.11. The van der Waals surface area contributed by atoms with Crippen molar-refractivity contribution in [2.45, 2.75) is 44.4 Å². The molecule has 4 heteroatoms. The Bertz CT molecular complexity index is 435. The van der Waals surface area contributed by atoms with E-state index in [-0.39, 0.29) is 0 Å². The average molecular weight is 269 g/mol. The average Bonchev–Trinajstić information content (AvgIpc) is 3.23. The second kappa shape index (κ2) is 4.82. The predicted molar refractivity (Wildman–Crippen MR) is 67.5 cm³/mol. The molecular weight excluding hydrogens is 251 g/mol. The van der Waals surface area contributed by atoms with Crippen molar-refractivity contribution in [3.63, 3.8) is 0 Å². The number of benzene rings is 1. The molecule has 2 aliphatic carbocycles. The highest BCUT2D eigenvalue weighted by atomic mass is 19.4. The van der Waals surface area contributed by atoms with Gasteiger partial charge in [0.15, 0.2) is 0 Å². The van der Waals surface area contributed by atoms with Crippen molar-refractivity contribution in [2.75, 3.05) is 0 Å². The van der Waals surface area contributed by atoms with Crippen LogP contribution in [0.4, 0.5) is 13.2 Å². The lowest BCUT2D eigenvalue weighted by atomic mass is 10.0. The van der Waals surface area contributed by atoms with Crippen molar-refractivity contribution in [3.8, 4) is 0 Å². The molecule has 2 aliphatic rings. The van der Waals surface area contributed by atoms with Gasteiger partial charge >= 0.3 is 6.18 Å². The molecule has 19 heavy (non-hydrogen) atoms. The zero-order valence-electron chi connectivity index (χ0n) is 10.7. The molecule has 1 N–H and O–H groups in total. The Hall–Kier alpha value is -1.03. The smallest absolute Gasteiger partial charge is 0.309 e. The van der Waals surface area contributed by atoms with Crippen molar-refractivity contribution >= 4 is 0 Å². The van der Waals surface area contributed by atoms with Gasteiger partial charge in [0.05, 0.1) is 5.56 Å².